The number of alkyl halides is 3. The van der Waals surface area contributed by atoms with E-state index in [4.69, 9.17) is 0 Å². The van der Waals surface area contributed by atoms with Crippen LogP contribution in [0.2, 0.25) is 0 Å². The lowest BCUT2D eigenvalue weighted by atomic mass is 10.1. The maximum Gasteiger partial charge on any atom is 0.287 e. The van der Waals surface area contributed by atoms with Gasteiger partial charge in [0.15, 0.2) is 5.65 Å². The molecule has 0 saturated carbocycles. The molecule has 8 nitrogen and oxygen atoms in total. The fourth-order valence-corrected chi connectivity index (χ4v) is 3.48. The summed E-state index contributed by atoms with van der Waals surface area (Å²) in [5, 5.41) is 10.9. The Balaban J connectivity index is 1.54. The first kappa shape index (κ1) is 20.6. The number of aromatic amines is 1. The highest BCUT2D eigenvalue weighted by Gasteiger charge is 2.34. The second kappa shape index (κ2) is 7.89. The van der Waals surface area contributed by atoms with Gasteiger partial charge in [-0.1, -0.05) is 12.1 Å². The number of rotatable bonds is 6. The van der Waals surface area contributed by atoms with E-state index in [1.54, 1.807) is 24.4 Å². The molecule has 1 atom stereocenters. The topological polar surface area (TPSA) is 94.2 Å². The standard InChI is InChI=1S/C20H19F3N6O2/c1-10-13-6-12(7-24-19(13)27-26-10)25-14-5-3-4-11-8-29(20(31)16(11)14)9-15(30)28(2)18(23)17(21)22/h3-7,17-18,25H,8-9H2,1-2H3,(H,24,26,27). The highest BCUT2D eigenvalue weighted by Crippen LogP contribution is 2.32. The molecule has 2 aromatic heterocycles. The van der Waals surface area contributed by atoms with Crippen molar-refractivity contribution >= 4 is 34.2 Å². The van der Waals surface area contributed by atoms with Crippen LogP contribution >= 0.6 is 0 Å². The Morgan fingerprint density at radius 1 is 1.35 bits per heavy atom. The minimum atomic E-state index is -3.32. The molecule has 0 saturated heterocycles. The molecule has 3 aromatic rings. The Morgan fingerprint density at radius 3 is 2.87 bits per heavy atom. The number of pyridine rings is 1. The van der Waals surface area contributed by atoms with Crippen LogP contribution in [-0.4, -0.2) is 63.1 Å². The van der Waals surface area contributed by atoms with Gasteiger partial charge in [0.2, 0.25) is 12.2 Å². The van der Waals surface area contributed by atoms with Gasteiger partial charge in [0.25, 0.3) is 12.3 Å². The van der Waals surface area contributed by atoms with Crippen molar-refractivity contribution in [2.45, 2.75) is 26.2 Å². The van der Waals surface area contributed by atoms with Gasteiger partial charge in [-0.3, -0.25) is 14.7 Å². The summed E-state index contributed by atoms with van der Waals surface area (Å²) in [6, 6.07) is 7.07. The number of anilines is 2. The van der Waals surface area contributed by atoms with Crippen LogP contribution in [0.4, 0.5) is 24.5 Å². The minimum absolute atomic E-state index is 0.118. The first-order chi connectivity index (χ1) is 14.8. The first-order valence-electron chi connectivity index (χ1n) is 9.43. The zero-order chi connectivity index (χ0) is 22.3. The molecule has 0 aliphatic carbocycles. The summed E-state index contributed by atoms with van der Waals surface area (Å²) in [4.78, 5) is 30.9. The quantitative estimate of drug-likeness (QED) is 0.584. The number of aromatic nitrogens is 3. The molecule has 2 N–H and O–H groups in total. The Kier molecular flexibility index (Phi) is 5.25. The lowest BCUT2D eigenvalue weighted by Crippen LogP contribution is -2.44. The number of benzene rings is 1. The number of carbonyl (C=O) groups excluding carboxylic acids is 2. The summed E-state index contributed by atoms with van der Waals surface area (Å²) in [7, 11) is 0.945. The summed E-state index contributed by atoms with van der Waals surface area (Å²) in [6.07, 6.45) is -4.46. The number of halogens is 3. The van der Waals surface area contributed by atoms with Crippen LogP contribution in [0.15, 0.2) is 30.5 Å². The molecule has 31 heavy (non-hydrogen) atoms. The van der Waals surface area contributed by atoms with Gasteiger partial charge in [0.1, 0.15) is 6.54 Å². The van der Waals surface area contributed by atoms with E-state index in [0.29, 0.717) is 33.0 Å². The molecule has 162 valence electrons. The van der Waals surface area contributed by atoms with Gasteiger partial charge < -0.3 is 15.1 Å². The van der Waals surface area contributed by atoms with Crippen molar-refractivity contribution in [1.82, 2.24) is 25.0 Å². The van der Waals surface area contributed by atoms with Gasteiger partial charge in [-0.05, 0) is 24.6 Å². The number of aryl methyl sites for hydroxylation is 1. The van der Waals surface area contributed by atoms with Crippen molar-refractivity contribution in [2.24, 2.45) is 0 Å². The van der Waals surface area contributed by atoms with E-state index in [1.807, 2.05) is 13.0 Å². The summed E-state index contributed by atoms with van der Waals surface area (Å²) in [6.45, 7) is 1.48. The Hall–Kier alpha value is -3.63. The molecule has 0 spiro atoms. The van der Waals surface area contributed by atoms with Crippen LogP contribution in [0.3, 0.4) is 0 Å². The van der Waals surface area contributed by atoms with Crippen molar-refractivity contribution in [3.8, 4) is 0 Å². The SMILES string of the molecule is Cc1[nH]nc2ncc(Nc3cccc4c3C(=O)N(CC(=O)N(C)C(F)C(F)F)C4)cc12. The molecule has 0 bridgehead atoms. The summed E-state index contributed by atoms with van der Waals surface area (Å²) >= 11 is 0. The third kappa shape index (κ3) is 3.78. The number of amides is 2. The van der Waals surface area contributed by atoms with Gasteiger partial charge in [-0.2, -0.15) is 5.10 Å². The lowest BCUT2D eigenvalue weighted by Gasteiger charge is -2.24. The van der Waals surface area contributed by atoms with E-state index in [9.17, 15) is 22.8 Å². The van der Waals surface area contributed by atoms with Crippen LogP contribution in [-0.2, 0) is 11.3 Å². The lowest BCUT2D eigenvalue weighted by molar-refractivity contribution is -0.142. The molecule has 1 aliphatic rings. The number of nitrogens with one attached hydrogen (secondary N) is 2. The number of nitrogens with zero attached hydrogens (tertiary/aromatic N) is 4. The molecule has 1 aliphatic heterocycles. The Labute approximate surface area is 175 Å². The van der Waals surface area contributed by atoms with E-state index in [1.165, 1.54) is 4.90 Å². The smallest absolute Gasteiger partial charge is 0.287 e. The Morgan fingerprint density at radius 2 is 2.13 bits per heavy atom. The monoisotopic (exact) mass is 432 g/mol. The molecule has 1 aromatic carbocycles. The second-order valence-corrected chi connectivity index (χ2v) is 7.28. The van der Waals surface area contributed by atoms with Gasteiger partial charge in [-0.15, -0.1) is 0 Å². The van der Waals surface area contributed by atoms with Gasteiger partial charge in [0.05, 0.1) is 23.1 Å². The molecule has 4 rings (SSSR count). The van der Waals surface area contributed by atoms with Crippen molar-refractivity contribution < 1.29 is 22.8 Å². The normalized spacial score (nSPS) is 14.3. The van der Waals surface area contributed by atoms with Crippen LogP contribution < -0.4 is 5.32 Å². The number of hydrogen-bond donors (Lipinski definition) is 2. The zero-order valence-corrected chi connectivity index (χ0v) is 16.7. The van der Waals surface area contributed by atoms with Crippen LogP contribution in [0.1, 0.15) is 21.6 Å². The average Bonchev–Trinajstić information content (AvgIpc) is 3.27. The molecule has 2 amide bonds. The third-order valence-electron chi connectivity index (χ3n) is 5.19. The van der Waals surface area contributed by atoms with Gasteiger partial charge in [0, 0.05) is 24.7 Å². The van der Waals surface area contributed by atoms with Crippen molar-refractivity contribution in [1.29, 1.82) is 0 Å². The summed E-state index contributed by atoms with van der Waals surface area (Å²) < 4.78 is 38.5. The van der Waals surface area contributed by atoms with Crippen molar-refractivity contribution in [3.63, 3.8) is 0 Å². The second-order valence-electron chi connectivity index (χ2n) is 7.28. The van der Waals surface area contributed by atoms with E-state index in [0.717, 1.165) is 18.1 Å². The highest BCUT2D eigenvalue weighted by molar-refractivity contribution is 6.05. The average molecular weight is 432 g/mol. The fraction of sp³-hybridized carbons (Fsp3) is 0.300. The molecule has 0 radical (unpaired) electrons. The zero-order valence-electron chi connectivity index (χ0n) is 16.7. The van der Waals surface area contributed by atoms with E-state index < -0.39 is 31.1 Å². The molecular formula is C20H19F3N6O2. The number of H-pyrrole nitrogens is 1. The maximum absolute atomic E-state index is 13.5. The van der Waals surface area contributed by atoms with Gasteiger partial charge >= 0.3 is 0 Å². The van der Waals surface area contributed by atoms with E-state index in [-0.39, 0.29) is 6.54 Å². The molecule has 3 heterocycles. The predicted molar refractivity (Wildman–Crippen MR) is 107 cm³/mol. The molecule has 1 unspecified atom stereocenters. The number of hydrogen-bond acceptors (Lipinski definition) is 5. The van der Waals surface area contributed by atoms with Crippen molar-refractivity contribution in [2.75, 3.05) is 18.9 Å². The summed E-state index contributed by atoms with van der Waals surface area (Å²) in [5.41, 5.74) is 3.62. The Bertz CT molecular complexity index is 1170. The summed E-state index contributed by atoms with van der Waals surface area (Å²) in [5.74, 6) is -1.35. The molecule has 11 heteroatoms. The number of carbonyl (C=O) groups is 2. The number of fused-ring (bicyclic) bond motifs is 2. The molecule has 0 fully saturated rings. The highest BCUT2D eigenvalue weighted by atomic mass is 19.3. The fourth-order valence-electron chi connectivity index (χ4n) is 3.48. The van der Waals surface area contributed by atoms with Gasteiger partial charge in [-0.25, -0.2) is 18.2 Å². The first-order valence-corrected chi connectivity index (χ1v) is 9.43. The van der Waals surface area contributed by atoms with Crippen LogP contribution in [0.25, 0.3) is 11.0 Å². The van der Waals surface area contributed by atoms with Crippen LogP contribution in [0, 0.1) is 6.92 Å². The molecular weight excluding hydrogens is 413 g/mol. The van der Waals surface area contributed by atoms with Crippen LogP contribution in [0.5, 0.6) is 0 Å². The minimum Gasteiger partial charge on any atom is -0.354 e. The van der Waals surface area contributed by atoms with E-state index >= 15 is 0 Å². The number of likely N-dealkylation sites (N-methyl/N-ethyl adjacent to an activating group) is 1. The van der Waals surface area contributed by atoms with E-state index in [2.05, 4.69) is 20.5 Å². The van der Waals surface area contributed by atoms with Crippen molar-refractivity contribution in [3.05, 3.63) is 47.3 Å². The predicted octanol–water partition coefficient (Wildman–Crippen LogP) is 2.98. The third-order valence-corrected chi connectivity index (χ3v) is 5.19. The largest absolute Gasteiger partial charge is 0.354 e. The maximum atomic E-state index is 13.5.